The smallest absolute Gasteiger partial charge is 0.190 e. The molecule has 0 aliphatic rings. The van der Waals surface area contributed by atoms with Gasteiger partial charge in [-0.1, -0.05) is 0 Å². The Morgan fingerprint density at radius 1 is 1.29 bits per heavy atom. The lowest BCUT2D eigenvalue weighted by Gasteiger charge is -2.17. The Balaban J connectivity index is 2.72. The lowest BCUT2D eigenvalue weighted by atomic mass is 10.1. The first-order valence-corrected chi connectivity index (χ1v) is 5.36. The van der Waals surface area contributed by atoms with E-state index in [9.17, 15) is 13.9 Å². The molecule has 0 unspecified atom stereocenters. The van der Waals surface area contributed by atoms with Crippen LogP contribution in [-0.4, -0.2) is 17.3 Å². The van der Waals surface area contributed by atoms with Crippen molar-refractivity contribution >= 4 is 0 Å². The molecule has 0 atom stereocenters. The van der Waals surface area contributed by atoms with E-state index in [1.807, 2.05) is 0 Å². The fourth-order valence-corrected chi connectivity index (χ4v) is 1.27. The Hall–Kier alpha value is -1.20. The maximum Gasteiger partial charge on any atom is 0.190 e. The highest BCUT2D eigenvalue weighted by Gasteiger charge is 2.16. The van der Waals surface area contributed by atoms with Crippen LogP contribution in [0.4, 0.5) is 8.78 Å². The van der Waals surface area contributed by atoms with Crippen molar-refractivity contribution in [1.82, 2.24) is 0 Å². The molecule has 0 aromatic heterocycles. The van der Waals surface area contributed by atoms with E-state index in [-0.39, 0.29) is 19.6 Å². The van der Waals surface area contributed by atoms with Gasteiger partial charge in [0, 0.05) is 13.0 Å². The number of rotatable bonds is 5. The lowest BCUT2D eigenvalue weighted by molar-refractivity contribution is 0.0540. The van der Waals surface area contributed by atoms with Gasteiger partial charge in [0.15, 0.2) is 17.4 Å². The molecule has 0 heterocycles. The van der Waals surface area contributed by atoms with Gasteiger partial charge in [0.05, 0.1) is 12.2 Å². The zero-order chi connectivity index (χ0) is 13.1. The first kappa shape index (κ1) is 13.9. The Kier molecular flexibility index (Phi) is 4.42. The van der Waals surface area contributed by atoms with Gasteiger partial charge in [-0.3, -0.25) is 0 Å². The van der Waals surface area contributed by atoms with Crippen molar-refractivity contribution in [3.05, 3.63) is 29.3 Å². The summed E-state index contributed by atoms with van der Waals surface area (Å²) in [5.74, 6) is -1.98. The molecule has 0 radical (unpaired) electrons. The molecule has 0 saturated heterocycles. The fraction of sp³-hybridized carbons (Fsp3) is 0.500. The van der Waals surface area contributed by atoms with Gasteiger partial charge in [-0.05, 0) is 31.5 Å². The average molecular weight is 245 g/mol. The van der Waals surface area contributed by atoms with Crippen LogP contribution in [0.15, 0.2) is 12.1 Å². The summed E-state index contributed by atoms with van der Waals surface area (Å²) in [5, 5.41) is 9.43. The van der Waals surface area contributed by atoms with Crippen LogP contribution in [0.2, 0.25) is 0 Å². The number of aliphatic hydroxyl groups is 1. The average Bonchev–Trinajstić information content (AvgIpc) is 2.20. The van der Waals surface area contributed by atoms with E-state index in [2.05, 4.69) is 0 Å². The number of nitrogens with two attached hydrogens (primary N) is 1. The molecule has 0 aliphatic carbocycles. The maximum atomic E-state index is 13.4. The van der Waals surface area contributed by atoms with Gasteiger partial charge < -0.3 is 15.6 Å². The zero-order valence-corrected chi connectivity index (χ0v) is 9.96. The molecule has 0 fully saturated rings. The second-order valence-electron chi connectivity index (χ2n) is 4.50. The first-order chi connectivity index (χ1) is 7.83. The molecule has 1 aromatic carbocycles. The Morgan fingerprint density at radius 2 is 1.82 bits per heavy atom. The number of ether oxygens (including phenoxy) is 1. The summed E-state index contributed by atoms with van der Waals surface area (Å²) >= 11 is 0. The molecule has 0 amide bonds. The zero-order valence-electron chi connectivity index (χ0n) is 9.96. The third kappa shape index (κ3) is 4.28. The van der Waals surface area contributed by atoms with Gasteiger partial charge >= 0.3 is 0 Å². The lowest BCUT2D eigenvalue weighted by Crippen LogP contribution is -2.22. The molecule has 0 saturated carbocycles. The van der Waals surface area contributed by atoms with Gasteiger partial charge in [-0.2, -0.15) is 0 Å². The molecule has 96 valence electrons. The van der Waals surface area contributed by atoms with E-state index in [4.69, 9.17) is 10.5 Å². The van der Waals surface area contributed by atoms with Crippen LogP contribution >= 0.6 is 0 Å². The van der Waals surface area contributed by atoms with E-state index in [1.165, 1.54) is 0 Å². The summed E-state index contributed by atoms with van der Waals surface area (Å²) < 4.78 is 31.9. The fourth-order valence-electron chi connectivity index (χ4n) is 1.27. The third-order valence-electron chi connectivity index (χ3n) is 2.25. The number of hydrogen-bond donors (Lipinski definition) is 2. The van der Waals surface area contributed by atoms with Crippen molar-refractivity contribution < 1.29 is 18.6 Å². The molecule has 3 nitrogen and oxygen atoms in total. The summed E-state index contributed by atoms with van der Waals surface area (Å²) in [5.41, 5.74) is 4.73. The molecule has 1 rings (SSSR count). The van der Waals surface area contributed by atoms with Crippen LogP contribution in [0.5, 0.6) is 5.75 Å². The topological polar surface area (TPSA) is 55.5 Å². The van der Waals surface area contributed by atoms with Crippen molar-refractivity contribution in [3.63, 3.8) is 0 Å². The monoisotopic (exact) mass is 245 g/mol. The number of benzene rings is 1. The number of hydrogen-bond acceptors (Lipinski definition) is 3. The van der Waals surface area contributed by atoms with Crippen LogP contribution < -0.4 is 10.5 Å². The minimum absolute atomic E-state index is 0.0410. The summed E-state index contributed by atoms with van der Waals surface area (Å²) in [6.07, 6.45) is 0.282. The minimum Gasteiger partial charge on any atom is -0.487 e. The second kappa shape index (κ2) is 5.42. The predicted molar refractivity (Wildman–Crippen MR) is 60.7 cm³/mol. The normalized spacial score (nSPS) is 11.6. The molecule has 0 bridgehead atoms. The van der Waals surface area contributed by atoms with E-state index in [0.717, 1.165) is 12.1 Å². The van der Waals surface area contributed by atoms with E-state index < -0.39 is 23.0 Å². The summed E-state index contributed by atoms with van der Waals surface area (Å²) in [7, 11) is 0. The second-order valence-corrected chi connectivity index (χ2v) is 4.50. The van der Waals surface area contributed by atoms with Gasteiger partial charge in [0.1, 0.15) is 0 Å². The van der Waals surface area contributed by atoms with Crippen LogP contribution in [-0.2, 0) is 6.54 Å². The largest absolute Gasteiger partial charge is 0.487 e. The highest BCUT2D eigenvalue weighted by atomic mass is 19.1. The number of halogens is 2. The van der Waals surface area contributed by atoms with Crippen molar-refractivity contribution in [1.29, 1.82) is 0 Å². The van der Waals surface area contributed by atoms with E-state index in [1.54, 1.807) is 13.8 Å². The molecule has 0 aliphatic heterocycles. The molecular weight excluding hydrogens is 228 g/mol. The standard InChI is InChI=1S/C12H17F2NO2/c1-12(2,16)3-4-17-11-9(13)5-8(7-15)6-10(11)14/h5-6,16H,3-4,7,15H2,1-2H3. The summed E-state index contributed by atoms with van der Waals surface area (Å²) in [6, 6.07) is 2.28. The molecular formula is C12H17F2NO2. The minimum atomic E-state index is -0.926. The molecule has 5 heteroatoms. The van der Waals surface area contributed by atoms with Crippen molar-refractivity contribution in [2.45, 2.75) is 32.4 Å². The van der Waals surface area contributed by atoms with Gasteiger partial charge in [-0.15, -0.1) is 0 Å². The molecule has 17 heavy (non-hydrogen) atoms. The van der Waals surface area contributed by atoms with E-state index >= 15 is 0 Å². The Labute approximate surface area is 99.2 Å². The van der Waals surface area contributed by atoms with Crippen LogP contribution in [0.1, 0.15) is 25.8 Å². The molecule has 1 aromatic rings. The summed E-state index contributed by atoms with van der Waals surface area (Å²) in [6.45, 7) is 3.30. The van der Waals surface area contributed by atoms with Crippen LogP contribution in [0.25, 0.3) is 0 Å². The third-order valence-corrected chi connectivity index (χ3v) is 2.25. The predicted octanol–water partition coefficient (Wildman–Crippen LogP) is 1.96. The van der Waals surface area contributed by atoms with Crippen molar-refractivity contribution in [2.24, 2.45) is 5.73 Å². The highest BCUT2D eigenvalue weighted by Crippen LogP contribution is 2.23. The molecule has 3 N–H and O–H groups in total. The summed E-state index contributed by atoms with van der Waals surface area (Å²) in [4.78, 5) is 0. The van der Waals surface area contributed by atoms with Crippen molar-refractivity contribution in [2.75, 3.05) is 6.61 Å². The maximum absolute atomic E-state index is 13.4. The first-order valence-electron chi connectivity index (χ1n) is 5.36. The van der Waals surface area contributed by atoms with Crippen LogP contribution in [0.3, 0.4) is 0 Å². The van der Waals surface area contributed by atoms with Crippen molar-refractivity contribution in [3.8, 4) is 5.75 Å². The van der Waals surface area contributed by atoms with E-state index in [0.29, 0.717) is 5.56 Å². The van der Waals surface area contributed by atoms with Crippen LogP contribution in [0, 0.1) is 11.6 Å². The van der Waals surface area contributed by atoms with Gasteiger partial charge in [-0.25, -0.2) is 8.78 Å². The Morgan fingerprint density at radius 3 is 2.24 bits per heavy atom. The quantitative estimate of drug-likeness (QED) is 0.833. The Bertz CT molecular complexity index is 366. The van der Waals surface area contributed by atoms with Gasteiger partial charge in [0.2, 0.25) is 0 Å². The SMILES string of the molecule is CC(C)(O)CCOc1c(F)cc(CN)cc1F. The van der Waals surface area contributed by atoms with Gasteiger partial charge in [0.25, 0.3) is 0 Å². The highest BCUT2D eigenvalue weighted by molar-refractivity contribution is 5.31. The molecule has 0 spiro atoms.